The Balaban J connectivity index is 1.57. The quantitative estimate of drug-likeness (QED) is 0.459. The van der Waals surface area contributed by atoms with Crippen LogP contribution in [0.15, 0.2) is 65.8 Å². The van der Waals surface area contributed by atoms with Crippen molar-refractivity contribution in [2.45, 2.75) is 29.5 Å². The van der Waals surface area contributed by atoms with Crippen molar-refractivity contribution < 1.29 is 35.1 Å². The molecule has 0 bridgehead atoms. The second-order valence-corrected chi connectivity index (χ2v) is 9.85. The van der Waals surface area contributed by atoms with E-state index in [4.69, 9.17) is 4.74 Å². The van der Waals surface area contributed by atoms with Gasteiger partial charge >= 0.3 is 6.18 Å². The van der Waals surface area contributed by atoms with Gasteiger partial charge in [-0.3, -0.25) is 4.90 Å². The number of sulfonamides is 1. The Hall–Kier alpha value is -3.32. The second-order valence-electron chi connectivity index (χ2n) is 8.20. The molecule has 1 N–H and O–H groups in total. The number of hydrogen-bond donors (Lipinski definition) is 1. The molecule has 1 saturated heterocycles. The predicted molar refractivity (Wildman–Crippen MR) is 120 cm³/mol. The molecule has 1 aromatic heterocycles. The Bertz CT molecular complexity index is 1290. The summed E-state index contributed by atoms with van der Waals surface area (Å²) >= 11 is 0. The molecule has 13 heteroatoms. The van der Waals surface area contributed by atoms with Gasteiger partial charge in [-0.05, 0) is 18.1 Å². The van der Waals surface area contributed by atoms with Gasteiger partial charge in [-0.2, -0.15) is 13.2 Å². The molecule has 4 rings (SSSR count). The summed E-state index contributed by atoms with van der Waals surface area (Å²) in [5, 5.41) is 0. The molecule has 2 heterocycles. The molecule has 192 valence electrons. The first kappa shape index (κ1) is 25.8. The fourth-order valence-electron chi connectivity index (χ4n) is 4.05. The highest BCUT2D eigenvalue weighted by Crippen LogP contribution is 2.34. The Morgan fingerprint density at radius 3 is 2.39 bits per heavy atom. The fourth-order valence-corrected chi connectivity index (χ4v) is 5.08. The minimum atomic E-state index is -4.55. The average molecular weight is 529 g/mol. The van der Waals surface area contributed by atoms with Gasteiger partial charge in [0.05, 0.1) is 6.54 Å². The molecule has 7 nitrogen and oxygen atoms in total. The van der Waals surface area contributed by atoms with Gasteiger partial charge in [0.2, 0.25) is 5.95 Å². The van der Waals surface area contributed by atoms with E-state index < -0.39 is 57.0 Å². The Morgan fingerprint density at radius 2 is 1.72 bits per heavy atom. The first-order valence-corrected chi connectivity index (χ1v) is 12.3. The van der Waals surface area contributed by atoms with Gasteiger partial charge in [-0.15, -0.1) is 0 Å². The van der Waals surface area contributed by atoms with E-state index >= 15 is 0 Å². The van der Waals surface area contributed by atoms with Crippen molar-refractivity contribution in [2.75, 3.05) is 24.4 Å². The third-order valence-electron chi connectivity index (χ3n) is 5.61. The van der Waals surface area contributed by atoms with Crippen molar-refractivity contribution >= 4 is 16.0 Å². The third kappa shape index (κ3) is 6.26. The first-order chi connectivity index (χ1) is 17.0. The van der Waals surface area contributed by atoms with E-state index in [9.17, 15) is 30.4 Å². The van der Waals surface area contributed by atoms with Crippen LogP contribution in [0, 0.1) is 11.6 Å². The van der Waals surface area contributed by atoms with E-state index in [0.29, 0.717) is 17.7 Å². The summed E-state index contributed by atoms with van der Waals surface area (Å²) in [4.78, 5) is 7.64. The number of nitrogens with zero attached hydrogens (tertiary/aromatic N) is 3. The van der Waals surface area contributed by atoms with Crippen LogP contribution in [0.3, 0.4) is 0 Å². The van der Waals surface area contributed by atoms with Gasteiger partial charge in [-0.25, -0.2) is 31.9 Å². The van der Waals surface area contributed by atoms with E-state index in [1.807, 2.05) is 4.72 Å². The number of piperidine rings is 1. The van der Waals surface area contributed by atoms with Crippen molar-refractivity contribution in [1.29, 1.82) is 0 Å². The highest BCUT2D eigenvalue weighted by atomic mass is 32.2. The van der Waals surface area contributed by atoms with E-state index in [-0.39, 0.29) is 25.5 Å². The number of alkyl halides is 3. The maximum atomic E-state index is 14.9. The minimum absolute atomic E-state index is 0.00818. The summed E-state index contributed by atoms with van der Waals surface area (Å²) in [6, 6.07) is 11.2. The van der Waals surface area contributed by atoms with Crippen LogP contribution in [-0.2, 0) is 10.0 Å². The normalized spacial score (nSPS) is 19.1. The van der Waals surface area contributed by atoms with Crippen LogP contribution in [0.5, 0.6) is 5.75 Å². The third-order valence-corrected chi connectivity index (χ3v) is 6.95. The van der Waals surface area contributed by atoms with Crippen LogP contribution in [0.2, 0.25) is 0 Å². The highest BCUT2D eigenvalue weighted by Gasteiger charge is 2.38. The molecule has 36 heavy (non-hydrogen) atoms. The average Bonchev–Trinajstić information content (AvgIpc) is 2.82. The number of anilines is 1. The molecule has 0 saturated carbocycles. The van der Waals surface area contributed by atoms with Crippen LogP contribution in [0.4, 0.5) is 27.9 Å². The summed E-state index contributed by atoms with van der Waals surface area (Å²) in [7, 11) is -4.55. The number of likely N-dealkylation sites (tertiary alicyclic amines) is 1. The number of halogens is 5. The first-order valence-electron chi connectivity index (χ1n) is 10.8. The van der Waals surface area contributed by atoms with Crippen molar-refractivity contribution in [1.82, 2.24) is 14.9 Å². The number of benzene rings is 2. The van der Waals surface area contributed by atoms with Gasteiger partial charge < -0.3 is 4.74 Å². The Morgan fingerprint density at radius 1 is 1.03 bits per heavy atom. The molecule has 0 radical (unpaired) electrons. The molecule has 3 aromatic rings. The lowest BCUT2D eigenvalue weighted by Gasteiger charge is -2.39. The van der Waals surface area contributed by atoms with Gasteiger partial charge in [0.15, 0.2) is 11.6 Å². The highest BCUT2D eigenvalue weighted by molar-refractivity contribution is 7.92. The largest absolute Gasteiger partial charge is 0.487 e. The van der Waals surface area contributed by atoms with E-state index in [1.165, 1.54) is 23.4 Å². The lowest BCUT2D eigenvalue weighted by Crippen LogP contribution is -2.47. The molecule has 1 aliphatic heterocycles. The van der Waals surface area contributed by atoms with Crippen molar-refractivity contribution in [3.05, 3.63) is 78.1 Å². The van der Waals surface area contributed by atoms with Crippen molar-refractivity contribution in [2.24, 2.45) is 0 Å². The standard InChI is InChI=1S/C23H21F5N4O3S/c24-17-12-21(36(33,34)31-22-29-8-4-9-30-22)18(25)11-20(17)35-19-7-10-32(14-23(26,27)28)13-16(19)15-5-2-1-3-6-15/h1-6,8-9,11-12,16,19H,7,10,13-14H2,(H,29,30,31)/t16-,19+/m1/s1. The number of ether oxygens (including phenoxy) is 1. The van der Waals surface area contributed by atoms with E-state index in [2.05, 4.69) is 9.97 Å². The lowest BCUT2D eigenvalue weighted by molar-refractivity contribution is -0.150. The topological polar surface area (TPSA) is 84.4 Å². The monoisotopic (exact) mass is 528 g/mol. The summed E-state index contributed by atoms with van der Waals surface area (Å²) < 4.78 is 101. The zero-order chi connectivity index (χ0) is 25.9. The van der Waals surface area contributed by atoms with Gasteiger partial charge in [0.1, 0.15) is 16.8 Å². The molecule has 1 aliphatic rings. The number of nitrogens with one attached hydrogen (secondary N) is 1. The molecule has 2 atom stereocenters. The predicted octanol–water partition coefficient (Wildman–Crippen LogP) is 4.35. The molecule has 1 fully saturated rings. The molecule has 0 amide bonds. The maximum Gasteiger partial charge on any atom is 0.401 e. The molecule has 0 spiro atoms. The number of rotatable bonds is 7. The zero-order valence-corrected chi connectivity index (χ0v) is 19.4. The van der Waals surface area contributed by atoms with E-state index in [0.717, 1.165) is 0 Å². The minimum Gasteiger partial charge on any atom is -0.487 e. The van der Waals surface area contributed by atoms with Gasteiger partial charge in [0, 0.05) is 43.5 Å². The van der Waals surface area contributed by atoms with Crippen molar-refractivity contribution in [3.63, 3.8) is 0 Å². The second kappa shape index (κ2) is 10.3. The molecule has 0 unspecified atom stereocenters. The molecular formula is C23H21F5N4O3S. The SMILES string of the molecule is O=S(=O)(Nc1ncccn1)c1cc(F)c(O[C@H]2CCN(CC(F)(F)F)C[C@@H]2c2ccccc2)cc1F. The van der Waals surface area contributed by atoms with Crippen LogP contribution < -0.4 is 9.46 Å². The smallest absolute Gasteiger partial charge is 0.401 e. The Labute approximate surface area is 204 Å². The molecule has 2 aromatic carbocycles. The summed E-state index contributed by atoms with van der Waals surface area (Å²) in [6.07, 6.45) is -2.51. The molecular weight excluding hydrogens is 507 g/mol. The van der Waals surface area contributed by atoms with Crippen LogP contribution in [0.1, 0.15) is 17.9 Å². The van der Waals surface area contributed by atoms with Crippen LogP contribution >= 0.6 is 0 Å². The fraction of sp³-hybridized carbons (Fsp3) is 0.304. The van der Waals surface area contributed by atoms with Gasteiger partial charge in [-0.1, -0.05) is 30.3 Å². The van der Waals surface area contributed by atoms with Crippen LogP contribution in [0.25, 0.3) is 0 Å². The maximum absolute atomic E-state index is 14.9. The lowest BCUT2D eigenvalue weighted by atomic mass is 9.87. The number of hydrogen-bond acceptors (Lipinski definition) is 6. The van der Waals surface area contributed by atoms with Crippen LogP contribution in [-0.4, -0.2) is 55.2 Å². The van der Waals surface area contributed by atoms with Crippen molar-refractivity contribution in [3.8, 4) is 5.75 Å². The summed E-state index contributed by atoms with van der Waals surface area (Å²) in [5.41, 5.74) is 0.682. The van der Waals surface area contributed by atoms with E-state index in [1.54, 1.807) is 30.3 Å². The zero-order valence-electron chi connectivity index (χ0n) is 18.6. The Kier molecular flexibility index (Phi) is 7.41. The summed E-state index contributed by atoms with van der Waals surface area (Å²) in [5.74, 6) is -3.85. The number of aromatic nitrogens is 2. The molecule has 0 aliphatic carbocycles. The summed E-state index contributed by atoms with van der Waals surface area (Å²) in [6.45, 7) is -1.08. The van der Waals surface area contributed by atoms with Gasteiger partial charge in [0.25, 0.3) is 10.0 Å².